The highest BCUT2D eigenvalue weighted by molar-refractivity contribution is 7.93. The Morgan fingerprint density at radius 1 is 1.62 bits per heavy atom. The van der Waals surface area contributed by atoms with Crippen LogP contribution in [0.1, 0.15) is 10.4 Å². The summed E-state index contributed by atoms with van der Waals surface area (Å²) < 4.78 is 8.81. The average Bonchev–Trinajstić information content (AvgIpc) is 2.16. The van der Waals surface area contributed by atoms with E-state index in [1.807, 2.05) is 5.43 Å². The molecule has 13 heavy (non-hydrogen) atoms. The predicted molar refractivity (Wildman–Crippen MR) is 51.6 cm³/mol. The fourth-order valence-electron chi connectivity index (χ4n) is 0.837. The number of carbonyl (C=O) groups is 1. The van der Waals surface area contributed by atoms with Gasteiger partial charge in [-0.25, -0.2) is 5.84 Å². The molecule has 6 heteroatoms. The molecule has 0 unspecified atom stereocenters. The van der Waals surface area contributed by atoms with Crippen molar-refractivity contribution in [3.05, 3.63) is 28.8 Å². The molecule has 1 amide bonds. The molecule has 0 saturated heterocycles. The van der Waals surface area contributed by atoms with Gasteiger partial charge in [0.05, 0.1) is 5.56 Å². The normalized spacial score (nSPS) is 9.77. The van der Waals surface area contributed by atoms with Crippen LogP contribution in [0.4, 0.5) is 0 Å². The van der Waals surface area contributed by atoms with E-state index in [2.05, 4.69) is 0 Å². The van der Waals surface area contributed by atoms with Crippen LogP contribution in [-0.2, 0) is 0 Å². The summed E-state index contributed by atoms with van der Waals surface area (Å²) >= 11 is 6.14. The lowest BCUT2D eigenvalue weighted by molar-refractivity contribution is 0.0950. The molecule has 4 N–H and O–H groups in total. The average molecular weight is 219 g/mol. The zero-order chi connectivity index (χ0) is 9.84. The van der Waals surface area contributed by atoms with Crippen molar-refractivity contribution in [2.75, 3.05) is 0 Å². The van der Waals surface area contributed by atoms with E-state index in [0.717, 1.165) is 0 Å². The fraction of sp³-hybridized carbons (Fsp3) is 0. The van der Waals surface area contributed by atoms with Crippen molar-refractivity contribution in [2.45, 2.75) is 4.90 Å². The third kappa shape index (κ3) is 2.35. The van der Waals surface area contributed by atoms with Gasteiger partial charge < -0.3 is 4.55 Å². The van der Waals surface area contributed by atoms with Crippen LogP contribution in [0.2, 0.25) is 5.02 Å². The number of benzene rings is 1. The van der Waals surface area contributed by atoms with Gasteiger partial charge in [0.2, 0.25) is 0 Å². The van der Waals surface area contributed by atoms with Crippen LogP contribution in [0.5, 0.6) is 0 Å². The predicted octanol–water partition coefficient (Wildman–Crippen LogP) is 1.51. The molecule has 0 bridgehead atoms. The Kier molecular flexibility index (Phi) is 3.56. The molecule has 0 aromatic heterocycles. The summed E-state index contributed by atoms with van der Waals surface area (Å²) in [4.78, 5) is 11.5. The first kappa shape index (κ1) is 10.3. The van der Waals surface area contributed by atoms with Gasteiger partial charge in [-0.05, 0) is 18.2 Å². The van der Waals surface area contributed by atoms with E-state index in [1.54, 1.807) is 6.07 Å². The molecule has 0 radical (unpaired) electrons. The van der Waals surface area contributed by atoms with Crippen LogP contribution in [0.3, 0.4) is 0 Å². The van der Waals surface area contributed by atoms with Gasteiger partial charge in [0, 0.05) is 22.0 Å². The first-order chi connectivity index (χ1) is 6.19. The fourth-order valence-corrected chi connectivity index (χ4v) is 1.39. The van der Waals surface area contributed by atoms with Crippen molar-refractivity contribution in [3.8, 4) is 0 Å². The smallest absolute Gasteiger partial charge is 0.266 e. The summed E-state index contributed by atoms with van der Waals surface area (Å²) in [6, 6.07) is 4.55. The third-order valence-corrected chi connectivity index (χ3v) is 2.20. The number of hydrogen-bond donors (Lipinski definition) is 3. The van der Waals surface area contributed by atoms with Crippen molar-refractivity contribution >= 4 is 29.6 Å². The number of amides is 1. The van der Waals surface area contributed by atoms with Crippen LogP contribution in [0.25, 0.3) is 0 Å². The maximum atomic E-state index is 11.1. The molecule has 0 atom stereocenters. The van der Waals surface area contributed by atoms with Gasteiger partial charge in [-0.1, -0.05) is 11.6 Å². The highest BCUT2D eigenvalue weighted by Crippen LogP contribution is 2.23. The number of hydrogen-bond acceptors (Lipinski definition) is 4. The molecule has 1 aromatic carbocycles. The second-order valence-corrected chi connectivity index (χ2v) is 3.26. The maximum absolute atomic E-state index is 11.1. The summed E-state index contributed by atoms with van der Waals surface area (Å²) in [5.41, 5.74) is 2.21. The minimum Gasteiger partial charge on any atom is -0.325 e. The molecular weight excluding hydrogens is 212 g/mol. The third-order valence-electron chi connectivity index (χ3n) is 1.42. The van der Waals surface area contributed by atoms with E-state index in [9.17, 15) is 4.79 Å². The second kappa shape index (κ2) is 4.48. The molecule has 1 rings (SSSR count). The number of rotatable bonds is 2. The Balaban J connectivity index is 3.15. The van der Waals surface area contributed by atoms with Gasteiger partial charge >= 0.3 is 0 Å². The van der Waals surface area contributed by atoms with Crippen LogP contribution in [0.15, 0.2) is 23.1 Å². The SMILES string of the molecule is NNC(=O)c1cc(Cl)ccc1SO. The van der Waals surface area contributed by atoms with Gasteiger partial charge in [-0.2, -0.15) is 0 Å². The van der Waals surface area contributed by atoms with E-state index in [0.29, 0.717) is 22.0 Å². The summed E-state index contributed by atoms with van der Waals surface area (Å²) in [5.74, 6) is 4.46. The maximum Gasteiger partial charge on any atom is 0.266 e. The van der Waals surface area contributed by atoms with Crippen molar-refractivity contribution < 1.29 is 9.35 Å². The number of carbonyl (C=O) groups excluding carboxylic acids is 1. The second-order valence-electron chi connectivity index (χ2n) is 2.21. The van der Waals surface area contributed by atoms with E-state index in [4.69, 9.17) is 22.0 Å². The summed E-state index contributed by atoms with van der Waals surface area (Å²) in [5, 5.41) is 0.413. The Labute approximate surface area is 84.2 Å². The lowest BCUT2D eigenvalue weighted by atomic mass is 10.2. The zero-order valence-corrected chi connectivity index (χ0v) is 8.02. The Hall–Kier alpha value is -0.750. The highest BCUT2D eigenvalue weighted by atomic mass is 35.5. The number of nitrogen functional groups attached to an aromatic ring is 1. The zero-order valence-electron chi connectivity index (χ0n) is 6.45. The van der Waals surface area contributed by atoms with E-state index in [-0.39, 0.29) is 5.56 Å². The molecule has 0 aliphatic rings. The van der Waals surface area contributed by atoms with Gasteiger partial charge in [0.15, 0.2) is 0 Å². The Morgan fingerprint density at radius 3 is 2.85 bits per heavy atom. The van der Waals surface area contributed by atoms with Gasteiger partial charge in [0.1, 0.15) is 0 Å². The number of hydrazine groups is 1. The minimum absolute atomic E-state index is 0.252. The standard InChI is InChI=1S/C7H7ClN2O2S/c8-4-1-2-6(13-12)5(3-4)7(11)10-9/h1-3,12H,9H2,(H,10,11). The molecule has 0 saturated carbocycles. The van der Waals surface area contributed by atoms with Gasteiger partial charge in [-0.3, -0.25) is 10.2 Å². The van der Waals surface area contributed by atoms with Crippen LogP contribution in [-0.4, -0.2) is 10.5 Å². The topological polar surface area (TPSA) is 75.3 Å². The molecule has 70 valence electrons. The molecular formula is C7H7ClN2O2S. The summed E-state index contributed by atoms with van der Waals surface area (Å²) in [6.07, 6.45) is 0. The first-order valence-electron chi connectivity index (χ1n) is 3.31. The molecule has 1 aromatic rings. The van der Waals surface area contributed by atoms with Crippen LogP contribution >= 0.6 is 23.6 Å². The first-order valence-corrected chi connectivity index (χ1v) is 4.46. The summed E-state index contributed by atoms with van der Waals surface area (Å²) in [7, 11) is 0. The molecule has 0 spiro atoms. The molecule has 0 fully saturated rings. The van der Waals surface area contributed by atoms with Gasteiger partial charge in [-0.15, -0.1) is 0 Å². The molecule has 0 heterocycles. The van der Waals surface area contributed by atoms with Crippen molar-refractivity contribution in [2.24, 2.45) is 5.84 Å². The quantitative estimate of drug-likeness (QED) is 0.304. The van der Waals surface area contributed by atoms with E-state index >= 15 is 0 Å². The van der Waals surface area contributed by atoms with E-state index in [1.165, 1.54) is 12.1 Å². The number of halogens is 1. The Morgan fingerprint density at radius 2 is 2.31 bits per heavy atom. The van der Waals surface area contributed by atoms with E-state index < -0.39 is 5.91 Å². The van der Waals surface area contributed by atoms with Gasteiger partial charge in [0.25, 0.3) is 5.91 Å². The molecule has 0 aliphatic carbocycles. The summed E-state index contributed by atoms with van der Waals surface area (Å²) in [6.45, 7) is 0. The lowest BCUT2D eigenvalue weighted by Gasteiger charge is -2.04. The van der Waals surface area contributed by atoms with Crippen molar-refractivity contribution in [3.63, 3.8) is 0 Å². The number of nitrogens with two attached hydrogens (primary N) is 1. The highest BCUT2D eigenvalue weighted by Gasteiger charge is 2.10. The molecule has 0 aliphatic heterocycles. The van der Waals surface area contributed by atoms with Crippen molar-refractivity contribution in [1.29, 1.82) is 0 Å². The Bertz CT molecular complexity index is 332. The largest absolute Gasteiger partial charge is 0.325 e. The number of nitrogens with one attached hydrogen (secondary N) is 1. The van der Waals surface area contributed by atoms with Crippen LogP contribution < -0.4 is 11.3 Å². The molecule has 4 nitrogen and oxygen atoms in total. The van der Waals surface area contributed by atoms with Crippen molar-refractivity contribution in [1.82, 2.24) is 5.43 Å². The monoisotopic (exact) mass is 218 g/mol. The lowest BCUT2D eigenvalue weighted by Crippen LogP contribution is -2.30. The van der Waals surface area contributed by atoms with Crippen LogP contribution in [0, 0.1) is 0 Å². The minimum atomic E-state index is -0.487.